The third-order valence-corrected chi connectivity index (χ3v) is 7.25. The van der Waals surface area contributed by atoms with E-state index >= 15 is 0 Å². The number of unbranched alkanes of at least 4 members (excludes halogenated alkanes) is 14. The van der Waals surface area contributed by atoms with Crippen LogP contribution in [0.25, 0.3) is 0 Å². The molecule has 2 unspecified atom stereocenters. The van der Waals surface area contributed by atoms with Crippen LogP contribution in [-0.2, 0) is 14.2 Å². The number of hydrogen-bond donors (Lipinski definition) is 2. The second kappa shape index (κ2) is 37.8. The summed E-state index contributed by atoms with van der Waals surface area (Å²) in [5.41, 5.74) is 0. The molecule has 0 amide bonds. The average molecular weight is 561 g/mol. The summed E-state index contributed by atoms with van der Waals surface area (Å²) in [5, 5.41) is 16.5. The van der Waals surface area contributed by atoms with Crippen LogP contribution in [0.2, 0.25) is 0 Å². The molecule has 0 heterocycles. The zero-order chi connectivity index (χ0) is 29.1. The van der Waals surface area contributed by atoms with Gasteiger partial charge in [0.05, 0.1) is 51.8 Å². The molecule has 0 saturated heterocycles. The fraction of sp³-hybridized carbons (Fsp3) is 1.00. The van der Waals surface area contributed by atoms with E-state index in [9.17, 15) is 0 Å². The van der Waals surface area contributed by atoms with Crippen molar-refractivity contribution in [1.29, 1.82) is 0 Å². The molecule has 0 aromatic carbocycles. The Labute approximate surface area is 245 Å². The molecule has 0 fully saturated rings. The van der Waals surface area contributed by atoms with Crippen molar-refractivity contribution in [2.45, 2.75) is 181 Å². The second-order valence-electron chi connectivity index (χ2n) is 11.2. The van der Waals surface area contributed by atoms with Crippen molar-refractivity contribution < 1.29 is 24.4 Å². The lowest BCUT2D eigenvalue weighted by molar-refractivity contribution is -0.0324. The quantitative estimate of drug-likeness (QED) is 0.0827. The predicted molar refractivity (Wildman–Crippen MR) is 169 cm³/mol. The van der Waals surface area contributed by atoms with Crippen LogP contribution in [0.3, 0.4) is 0 Å². The molecule has 0 aromatic rings. The lowest BCUT2D eigenvalue weighted by atomic mass is 10.00. The van der Waals surface area contributed by atoms with Crippen molar-refractivity contribution in [3.63, 3.8) is 0 Å². The Hall–Kier alpha value is -0.200. The first kappa shape index (κ1) is 40.9. The van der Waals surface area contributed by atoms with Crippen LogP contribution in [-0.4, -0.2) is 62.1 Å². The SMILES string of the molecule is CCCCCCCC(CCCCCC)OC(CCCCCC)CCCCCCC.OCCOCCOCCO. The lowest BCUT2D eigenvalue weighted by Crippen LogP contribution is -2.23. The Morgan fingerprint density at radius 2 is 0.667 bits per heavy atom. The summed E-state index contributed by atoms with van der Waals surface area (Å²) in [6.07, 6.45) is 31.1. The maximum absolute atomic E-state index is 8.26. The van der Waals surface area contributed by atoms with Gasteiger partial charge in [0.2, 0.25) is 0 Å². The van der Waals surface area contributed by atoms with Gasteiger partial charge >= 0.3 is 0 Å². The van der Waals surface area contributed by atoms with Crippen LogP contribution < -0.4 is 0 Å². The van der Waals surface area contributed by atoms with E-state index in [1.54, 1.807) is 0 Å². The van der Waals surface area contributed by atoms with Crippen LogP contribution in [0.15, 0.2) is 0 Å². The number of ether oxygens (including phenoxy) is 3. The van der Waals surface area contributed by atoms with Crippen LogP contribution >= 0.6 is 0 Å². The highest BCUT2D eigenvalue weighted by Gasteiger charge is 2.16. The van der Waals surface area contributed by atoms with Gasteiger partial charge in [-0.05, 0) is 25.7 Å². The van der Waals surface area contributed by atoms with Crippen LogP contribution in [0.1, 0.15) is 169 Å². The summed E-state index contributed by atoms with van der Waals surface area (Å²) in [6, 6.07) is 0. The van der Waals surface area contributed by atoms with E-state index in [1.165, 1.54) is 141 Å². The monoisotopic (exact) mass is 561 g/mol. The molecule has 0 aliphatic heterocycles. The second-order valence-corrected chi connectivity index (χ2v) is 11.2. The summed E-state index contributed by atoms with van der Waals surface area (Å²) < 4.78 is 16.6. The summed E-state index contributed by atoms with van der Waals surface area (Å²) in [7, 11) is 0. The molecule has 0 bridgehead atoms. The summed E-state index contributed by atoms with van der Waals surface area (Å²) in [6.45, 7) is 11.0. The maximum atomic E-state index is 8.26. The van der Waals surface area contributed by atoms with Gasteiger partial charge in [0.15, 0.2) is 0 Å². The molecular formula is C34H72O5. The Bertz CT molecular complexity index is 371. The molecule has 0 aromatic heterocycles. The van der Waals surface area contributed by atoms with Gasteiger partial charge in [0, 0.05) is 0 Å². The molecule has 2 N–H and O–H groups in total. The van der Waals surface area contributed by atoms with Crippen LogP contribution in [0.4, 0.5) is 0 Å². The molecule has 238 valence electrons. The van der Waals surface area contributed by atoms with E-state index in [4.69, 9.17) is 24.4 Å². The van der Waals surface area contributed by atoms with E-state index < -0.39 is 0 Å². The third-order valence-electron chi connectivity index (χ3n) is 7.25. The number of hydrogen-bond acceptors (Lipinski definition) is 5. The molecule has 0 rings (SSSR count). The average Bonchev–Trinajstić information content (AvgIpc) is 2.95. The van der Waals surface area contributed by atoms with Crippen molar-refractivity contribution in [2.24, 2.45) is 0 Å². The topological polar surface area (TPSA) is 68.2 Å². The maximum Gasteiger partial charge on any atom is 0.0701 e. The van der Waals surface area contributed by atoms with Crippen molar-refractivity contribution in [1.82, 2.24) is 0 Å². The summed E-state index contributed by atoms with van der Waals surface area (Å²) in [4.78, 5) is 0. The minimum absolute atomic E-state index is 0.0417. The van der Waals surface area contributed by atoms with Crippen LogP contribution in [0, 0.1) is 0 Å². The van der Waals surface area contributed by atoms with E-state index in [-0.39, 0.29) is 13.2 Å². The Kier molecular flexibility index (Phi) is 39.7. The molecule has 0 radical (unpaired) electrons. The fourth-order valence-electron chi connectivity index (χ4n) is 4.83. The summed E-state index contributed by atoms with van der Waals surface area (Å²) in [5.74, 6) is 0. The molecule has 39 heavy (non-hydrogen) atoms. The smallest absolute Gasteiger partial charge is 0.0701 e. The predicted octanol–water partition coefficient (Wildman–Crippen LogP) is 9.41. The molecule has 0 saturated carbocycles. The van der Waals surface area contributed by atoms with Gasteiger partial charge in [-0.15, -0.1) is 0 Å². The lowest BCUT2D eigenvalue weighted by Gasteiger charge is -2.26. The highest BCUT2D eigenvalue weighted by molar-refractivity contribution is 4.67. The molecule has 2 atom stereocenters. The minimum Gasteiger partial charge on any atom is -0.394 e. The van der Waals surface area contributed by atoms with Gasteiger partial charge in [-0.2, -0.15) is 0 Å². The van der Waals surface area contributed by atoms with Crippen molar-refractivity contribution >= 4 is 0 Å². The Morgan fingerprint density at radius 3 is 0.949 bits per heavy atom. The number of rotatable bonds is 31. The molecule has 5 heteroatoms. The first-order valence-electron chi connectivity index (χ1n) is 17.2. The number of aliphatic hydroxyl groups is 2. The molecule has 5 nitrogen and oxygen atoms in total. The largest absolute Gasteiger partial charge is 0.394 e. The first-order valence-corrected chi connectivity index (χ1v) is 17.2. The standard InChI is InChI=1S/C28H58O.C6H14O4/c1-5-9-13-17-21-25-27(23-19-15-11-7-3)29-28(24-20-16-12-8-4)26-22-18-14-10-6-2;7-1-3-9-5-6-10-4-2-8/h27-28H,5-26H2,1-4H3;7-8H,1-6H2. The van der Waals surface area contributed by atoms with E-state index in [0.29, 0.717) is 38.6 Å². The minimum atomic E-state index is 0.0417. The fourth-order valence-corrected chi connectivity index (χ4v) is 4.83. The number of aliphatic hydroxyl groups excluding tert-OH is 2. The zero-order valence-electron chi connectivity index (χ0n) is 27.1. The first-order chi connectivity index (χ1) is 19.2. The molecule has 0 spiro atoms. The van der Waals surface area contributed by atoms with E-state index in [1.807, 2.05) is 0 Å². The van der Waals surface area contributed by atoms with E-state index in [2.05, 4.69) is 27.7 Å². The molecule has 0 aliphatic rings. The highest BCUT2D eigenvalue weighted by Crippen LogP contribution is 2.22. The van der Waals surface area contributed by atoms with Crippen molar-refractivity contribution in [3.8, 4) is 0 Å². The highest BCUT2D eigenvalue weighted by atomic mass is 16.5. The third kappa shape index (κ3) is 35.8. The Balaban J connectivity index is 0. The van der Waals surface area contributed by atoms with Crippen LogP contribution in [0.5, 0.6) is 0 Å². The van der Waals surface area contributed by atoms with Gasteiger partial charge in [-0.25, -0.2) is 0 Å². The van der Waals surface area contributed by atoms with Crippen molar-refractivity contribution in [3.05, 3.63) is 0 Å². The zero-order valence-corrected chi connectivity index (χ0v) is 27.1. The molecule has 0 aliphatic carbocycles. The van der Waals surface area contributed by atoms with Gasteiger partial charge in [0.1, 0.15) is 0 Å². The Morgan fingerprint density at radius 1 is 0.385 bits per heavy atom. The summed E-state index contributed by atoms with van der Waals surface area (Å²) >= 11 is 0. The normalized spacial score (nSPS) is 12.8. The van der Waals surface area contributed by atoms with Gasteiger partial charge in [0.25, 0.3) is 0 Å². The van der Waals surface area contributed by atoms with Gasteiger partial charge < -0.3 is 24.4 Å². The van der Waals surface area contributed by atoms with E-state index in [0.717, 1.165) is 0 Å². The molecular weight excluding hydrogens is 488 g/mol. The van der Waals surface area contributed by atoms with Gasteiger partial charge in [-0.3, -0.25) is 0 Å². The van der Waals surface area contributed by atoms with Crippen molar-refractivity contribution in [2.75, 3.05) is 39.6 Å². The van der Waals surface area contributed by atoms with Gasteiger partial charge in [-0.1, -0.05) is 143 Å².